The molecule has 0 fully saturated rings. The van der Waals surface area contributed by atoms with E-state index in [1.165, 1.54) is 5.56 Å². The maximum Gasteiger partial charge on any atom is 0.122 e. The van der Waals surface area contributed by atoms with Crippen molar-refractivity contribution in [1.29, 1.82) is 0 Å². The van der Waals surface area contributed by atoms with E-state index in [2.05, 4.69) is 6.07 Å². The molecule has 0 aliphatic carbocycles. The van der Waals surface area contributed by atoms with Gasteiger partial charge in [0.15, 0.2) is 0 Å². The highest BCUT2D eigenvalue weighted by Gasteiger charge is 2.17. The molecule has 15 heavy (non-hydrogen) atoms. The topological polar surface area (TPSA) is 32.7 Å². The Labute approximate surface area is 90.3 Å². The van der Waals surface area contributed by atoms with Crippen molar-refractivity contribution in [2.24, 2.45) is 0 Å². The lowest BCUT2D eigenvalue weighted by atomic mass is 10.0. The van der Waals surface area contributed by atoms with E-state index in [-0.39, 0.29) is 12.6 Å². The van der Waals surface area contributed by atoms with Crippen molar-refractivity contribution in [3.05, 3.63) is 29.3 Å². The Bertz CT molecular complexity index is 349. The van der Waals surface area contributed by atoms with Crippen LogP contribution in [-0.4, -0.2) is 37.3 Å². The number of rotatable bonds is 3. The molecule has 1 aliphatic heterocycles. The van der Waals surface area contributed by atoms with Gasteiger partial charge in [-0.1, -0.05) is 12.1 Å². The minimum atomic E-state index is 0.0795. The van der Waals surface area contributed by atoms with Gasteiger partial charge in [-0.3, -0.25) is 0 Å². The molecule has 2 rings (SSSR count). The summed E-state index contributed by atoms with van der Waals surface area (Å²) in [5.41, 5.74) is 2.42. The van der Waals surface area contributed by atoms with Crippen LogP contribution >= 0.6 is 0 Å². The van der Waals surface area contributed by atoms with Crippen LogP contribution in [0.3, 0.4) is 0 Å². The molecule has 0 amide bonds. The zero-order chi connectivity index (χ0) is 10.8. The molecular formula is C12H17NO2. The van der Waals surface area contributed by atoms with Gasteiger partial charge < -0.3 is 14.7 Å². The van der Waals surface area contributed by atoms with Crippen LogP contribution in [-0.2, 0) is 6.42 Å². The molecule has 1 heterocycles. The molecule has 0 radical (unpaired) electrons. The fourth-order valence-electron chi connectivity index (χ4n) is 1.98. The number of aliphatic hydroxyl groups excluding tert-OH is 1. The summed E-state index contributed by atoms with van der Waals surface area (Å²) in [7, 11) is 3.95. The largest absolute Gasteiger partial charge is 0.493 e. The zero-order valence-electron chi connectivity index (χ0n) is 9.23. The van der Waals surface area contributed by atoms with E-state index in [0.29, 0.717) is 0 Å². The van der Waals surface area contributed by atoms with Gasteiger partial charge in [-0.25, -0.2) is 0 Å². The molecule has 0 spiro atoms. The summed E-state index contributed by atoms with van der Waals surface area (Å²) in [4.78, 5) is 2.03. The van der Waals surface area contributed by atoms with Crippen molar-refractivity contribution in [2.45, 2.75) is 12.5 Å². The number of ether oxygens (including phenoxy) is 1. The second kappa shape index (κ2) is 4.21. The van der Waals surface area contributed by atoms with E-state index in [1.54, 1.807) is 0 Å². The zero-order valence-corrected chi connectivity index (χ0v) is 9.23. The first-order valence-corrected chi connectivity index (χ1v) is 5.25. The maximum atomic E-state index is 9.33. The minimum absolute atomic E-state index is 0.0795. The number of aliphatic hydroxyl groups is 1. The van der Waals surface area contributed by atoms with Crippen molar-refractivity contribution in [3.8, 4) is 5.75 Å². The summed E-state index contributed by atoms with van der Waals surface area (Å²) < 4.78 is 5.45. The second-order valence-corrected chi connectivity index (χ2v) is 4.13. The summed E-state index contributed by atoms with van der Waals surface area (Å²) in [6, 6.07) is 6.26. The van der Waals surface area contributed by atoms with Gasteiger partial charge in [0.05, 0.1) is 19.3 Å². The monoisotopic (exact) mass is 207 g/mol. The van der Waals surface area contributed by atoms with Crippen LogP contribution in [0.4, 0.5) is 0 Å². The van der Waals surface area contributed by atoms with Crippen LogP contribution in [0.25, 0.3) is 0 Å². The second-order valence-electron chi connectivity index (χ2n) is 4.13. The molecule has 1 aliphatic rings. The van der Waals surface area contributed by atoms with Crippen molar-refractivity contribution in [3.63, 3.8) is 0 Å². The lowest BCUT2D eigenvalue weighted by molar-refractivity contribution is 0.171. The number of likely N-dealkylation sites (N-methyl/N-ethyl adjacent to an activating group) is 1. The summed E-state index contributed by atoms with van der Waals surface area (Å²) in [5.74, 6) is 0.995. The van der Waals surface area contributed by atoms with Crippen molar-refractivity contribution < 1.29 is 9.84 Å². The highest BCUT2D eigenvalue weighted by atomic mass is 16.5. The molecule has 1 atom stereocenters. The number of hydrogen-bond acceptors (Lipinski definition) is 3. The van der Waals surface area contributed by atoms with Crippen LogP contribution in [0.15, 0.2) is 18.2 Å². The molecular weight excluding hydrogens is 190 g/mol. The summed E-state index contributed by atoms with van der Waals surface area (Å²) in [6.07, 6.45) is 0.981. The lowest BCUT2D eigenvalue weighted by Gasteiger charge is -2.22. The van der Waals surface area contributed by atoms with Crippen molar-refractivity contribution >= 4 is 0 Å². The maximum absolute atomic E-state index is 9.33. The first-order chi connectivity index (χ1) is 7.22. The van der Waals surface area contributed by atoms with Gasteiger partial charge in [0, 0.05) is 6.42 Å². The van der Waals surface area contributed by atoms with Gasteiger partial charge in [-0.15, -0.1) is 0 Å². The SMILES string of the molecule is CN(C)C(CO)c1ccc2c(c1)CCO2. The highest BCUT2D eigenvalue weighted by Crippen LogP contribution is 2.29. The summed E-state index contributed by atoms with van der Waals surface area (Å²) in [6.45, 7) is 0.928. The van der Waals surface area contributed by atoms with Gasteiger partial charge in [0.1, 0.15) is 5.75 Å². The van der Waals surface area contributed by atoms with Crippen LogP contribution < -0.4 is 4.74 Å². The number of fused-ring (bicyclic) bond motifs is 1. The fraction of sp³-hybridized carbons (Fsp3) is 0.500. The summed E-state index contributed by atoms with van der Waals surface area (Å²) >= 11 is 0. The first kappa shape index (κ1) is 10.5. The predicted molar refractivity (Wildman–Crippen MR) is 59.2 cm³/mol. The molecule has 3 nitrogen and oxygen atoms in total. The quantitative estimate of drug-likeness (QED) is 0.809. The Kier molecular flexibility index (Phi) is 2.93. The Morgan fingerprint density at radius 2 is 2.27 bits per heavy atom. The molecule has 0 aromatic heterocycles. The Hall–Kier alpha value is -1.06. The smallest absolute Gasteiger partial charge is 0.122 e. The molecule has 82 valence electrons. The third-order valence-corrected chi connectivity index (χ3v) is 2.89. The van der Waals surface area contributed by atoms with E-state index in [0.717, 1.165) is 24.3 Å². The van der Waals surface area contributed by atoms with Crippen LogP contribution in [0.5, 0.6) is 5.75 Å². The molecule has 1 aromatic carbocycles. The van der Waals surface area contributed by atoms with Crippen LogP contribution in [0.2, 0.25) is 0 Å². The fourth-order valence-corrected chi connectivity index (χ4v) is 1.98. The van der Waals surface area contributed by atoms with E-state index in [1.807, 2.05) is 31.1 Å². The Morgan fingerprint density at radius 1 is 1.47 bits per heavy atom. The Balaban J connectivity index is 2.28. The van der Waals surface area contributed by atoms with Gasteiger partial charge in [-0.05, 0) is 31.3 Å². The van der Waals surface area contributed by atoms with Crippen LogP contribution in [0.1, 0.15) is 17.2 Å². The third-order valence-electron chi connectivity index (χ3n) is 2.89. The predicted octanol–water partition coefficient (Wildman–Crippen LogP) is 1.22. The van der Waals surface area contributed by atoms with Crippen molar-refractivity contribution in [1.82, 2.24) is 4.90 Å². The minimum Gasteiger partial charge on any atom is -0.493 e. The summed E-state index contributed by atoms with van der Waals surface area (Å²) in [5, 5.41) is 9.33. The van der Waals surface area contributed by atoms with Gasteiger partial charge in [0.2, 0.25) is 0 Å². The first-order valence-electron chi connectivity index (χ1n) is 5.25. The lowest BCUT2D eigenvalue weighted by Crippen LogP contribution is -2.23. The Morgan fingerprint density at radius 3 is 2.93 bits per heavy atom. The van der Waals surface area contributed by atoms with Gasteiger partial charge in [0.25, 0.3) is 0 Å². The molecule has 3 heteroatoms. The molecule has 1 unspecified atom stereocenters. The molecule has 0 bridgehead atoms. The normalized spacial score (nSPS) is 16.3. The molecule has 0 saturated heterocycles. The highest BCUT2D eigenvalue weighted by molar-refractivity contribution is 5.40. The standard InChI is InChI=1S/C12H17NO2/c1-13(2)11(8-14)9-3-4-12-10(7-9)5-6-15-12/h3-4,7,11,14H,5-6,8H2,1-2H3. The number of nitrogens with zero attached hydrogens (tertiary/aromatic N) is 1. The molecule has 1 N–H and O–H groups in total. The van der Waals surface area contributed by atoms with Crippen molar-refractivity contribution in [2.75, 3.05) is 27.3 Å². The van der Waals surface area contributed by atoms with E-state index in [4.69, 9.17) is 4.74 Å². The van der Waals surface area contributed by atoms with E-state index >= 15 is 0 Å². The number of benzene rings is 1. The average molecular weight is 207 g/mol. The van der Waals surface area contributed by atoms with Gasteiger partial charge in [-0.2, -0.15) is 0 Å². The van der Waals surface area contributed by atoms with E-state index < -0.39 is 0 Å². The molecule has 1 aromatic rings. The van der Waals surface area contributed by atoms with Crippen LogP contribution in [0, 0.1) is 0 Å². The third kappa shape index (κ3) is 1.98. The average Bonchev–Trinajstić information content (AvgIpc) is 2.65. The van der Waals surface area contributed by atoms with E-state index in [9.17, 15) is 5.11 Å². The number of hydrogen-bond donors (Lipinski definition) is 1. The molecule has 0 saturated carbocycles. The van der Waals surface area contributed by atoms with Gasteiger partial charge >= 0.3 is 0 Å².